The molecule has 3 aromatic heterocycles. The van der Waals surface area contributed by atoms with E-state index < -0.39 is 11.6 Å². The highest BCUT2D eigenvalue weighted by Crippen LogP contribution is 2.35. The average Bonchev–Trinajstić information content (AvgIpc) is 3.51. The first-order valence-corrected chi connectivity index (χ1v) is 12.3. The summed E-state index contributed by atoms with van der Waals surface area (Å²) in [4.78, 5) is 10.3. The summed E-state index contributed by atoms with van der Waals surface area (Å²) >= 11 is 0. The number of aromatic nitrogens is 4. The molecule has 1 N–H and O–H groups in total. The zero-order valence-corrected chi connectivity index (χ0v) is 21.1. The van der Waals surface area contributed by atoms with E-state index in [4.69, 9.17) is 9.47 Å². The number of hydrogen-bond acceptors (Lipinski definition) is 5. The van der Waals surface area contributed by atoms with Crippen LogP contribution in [0.15, 0.2) is 30.7 Å². The van der Waals surface area contributed by atoms with Crippen molar-refractivity contribution in [3.63, 3.8) is 0 Å². The molecule has 0 radical (unpaired) electrons. The van der Waals surface area contributed by atoms with Gasteiger partial charge in [-0.05, 0) is 37.9 Å². The predicted molar refractivity (Wildman–Crippen MR) is 135 cm³/mol. The van der Waals surface area contributed by atoms with Crippen molar-refractivity contribution in [2.24, 2.45) is 0 Å². The third-order valence-corrected chi connectivity index (χ3v) is 7.30. The Hall–Kier alpha value is -3.46. The second-order valence-corrected chi connectivity index (χ2v) is 9.29. The molecule has 0 aliphatic carbocycles. The number of hydrogen-bond donors (Lipinski definition) is 1. The molecular formula is C27H31F2N5O2. The number of aromatic amines is 1. The van der Waals surface area contributed by atoms with Gasteiger partial charge in [0.1, 0.15) is 5.65 Å². The lowest BCUT2D eigenvalue weighted by Gasteiger charge is -2.31. The summed E-state index contributed by atoms with van der Waals surface area (Å²) in [5, 5.41) is 5.45. The fourth-order valence-corrected chi connectivity index (χ4v) is 5.09. The first kappa shape index (κ1) is 24.2. The summed E-state index contributed by atoms with van der Waals surface area (Å²) in [6.07, 6.45) is 7.92. The lowest BCUT2D eigenvalue weighted by molar-refractivity contribution is 0.187. The highest BCUT2D eigenvalue weighted by molar-refractivity contribution is 5.86. The van der Waals surface area contributed by atoms with Crippen LogP contribution in [0.3, 0.4) is 0 Å². The Morgan fingerprint density at radius 1 is 1.00 bits per heavy atom. The normalized spacial score (nSPS) is 15.1. The van der Waals surface area contributed by atoms with Gasteiger partial charge in [0.2, 0.25) is 0 Å². The van der Waals surface area contributed by atoms with E-state index in [0.717, 1.165) is 60.2 Å². The van der Waals surface area contributed by atoms with Crippen LogP contribution < -0.4 is 9.47 Å². The Kier molecular flexibility index (Phi) is 6.66. The minimum atomic E-state index is -0.732. The lowest BCUT2D eigenvalue weighted by atomic mass is 9.99. The van der Waals surface area contributed by atoms with E-state index in [9.17, 15) is 0 Å². The number of aryl methyl sites for hydroxylation is 1. The van der Waals surface area contributed by atoms with Crippen molar-refractivity contribution in [2.45, 2.75) is 39.2 Å². The quantitative estimate of drug-likeness (QED) is 0.378. The van der Waals surface area contributed by atoms with Crippen molar-refractivity contribution < 1.29 is 18.3 Å². The van der Waals surface area contributed by atoms with E-state index in [-0.39, 0.29) is 23.5 Å². The van der Waals surface area contributed by atoms with Crippen LogP contribution >= 0.6 is 0 Å². The monoisotopic (exact) mass is 495 g/mol. The Bertz CT molecular complexity index is 1360. The molecule has 0 spiro atoms. The molecule has 0 atom stereocenters. The van der Waals surface area contributed by atoms with Gasteiger partial charge in [0, 0.05) is 65.7 Å². The van der Waals surface area contributed by atoms with Gasteiger partial charge in [0.15, 0.2) is 23.1 Å². The first-order valence-electron chi connectivity index (χ1n) is 12.3. The predicted octanol–water partition coefficient (Wildman–Crippen LogP) is 5.28. The van der Waals surface area contributed by atoms with Gasteiger partial charge in [-0.3, -0.25) is 4.68 Å². The number of H-pyrrole nitrogens is 1. The topological polar surface area (TPSA) is 68.2 Å². The van der Waals surface area contributed by atoms with Gasteiger partial charge in [-0.15, -0.1) is 0 Å². The third-order valence-electron chi connectivity index (χ3n) is 7.30. The molecule has 0 amide bonds. The van der Waals surface area contributed by atoms with Crippen LogP contribution in [-0.2, 0) is 6.42 Å². The molecule has 36 heavy (non-hydrogen) atoms. The summed E-state index contributed by atoms with van der Waals surface area (Å²) in [6.45, 7) is 7.32. The van der Waals surface area contributed by atoms with Gasteiger partial charge in [0.25, 0.3) is 0 Å². The van der Waals surface area contributed by atoms with E-state index in [1.807, 2.05) is 19.2 Å². The molecule has 1 aliphatic heterocycles. The Balaban J connectivity index is 1.48. The van der Waals surface area contributed by atoms with Crippen molar-refractivity contribution in [3.05, 3.63) is 59.2 Å². The number of halogens is 2. The molecule has 0 bridgehead atoms. The molecule has 5 rings (SSSR count). The summed E-state index contributed by atoms with van der Waals surface area (Å²) in [5.74, 6) is -1.58. The van der Waals surface area contributed by atoms with E-state index in [0.29, 0.717) is 11.7 Å². The van der Waals surface area contributed by atoms with Crippen molar-refractivity contribution >= 4 is 11.0 Å². The van der Waals surface area contributed by atoms with Gasteiger partial charge < -0.3 is 19.4 Å². The van der Waals surface area contributed by atoms with E-state index in [2.05, 4.69) is 37.8 Å². The van der Waals surface area contributed by atoms with Gasteiger partial charge in [0.05, 0.1) is 26.5 Å². The zero-order chi connectivity index (χ0) is 25.4. The maximum Gasteiger partial charge on any atom is 0.171 e. The largest absolute Gasteiger partial charge is 0.494 e. The van der Waals surface area contributed by atoms with Gasteiger partial charge >= 0.3 is 0 Å². The van der Waals surface area contributed by atoms with E-state index >= 15 is 8.78 Å². The standard InChI is InChI=1S/C27H31F2N5O2/c1-5-33-8-6-19(7-9-33)34-15-18(14-31-34)17-10-21-20(16(2)32-27(21)30-13-17)11-22-25(28)23(35-3)12-24(36-4)26(22)29/h10,12-15,19H,5-9,11H2,1-4H3,(H,30,32). The number of ether oxygens (including phenoxy) is 2. The van der Waals surface area contributed by atoms with E-state index in [1.165, 1.54) is 20.3 Å². The molecule has 1 fully saturated rings. The Morgan fingerprint density at radius 3 is 2.33 bits per heavy atom. The molecule has 9 heteroatoms. The molecule has 0 unspecified atom stereocenters. The molecule has 1 aliphatic rings. The molecule has 7 nitrogen and oxygen atoms in total. The second kappa shape index (κ2) is 9.89. The van der Waals surface area contributed by atoms with Crippen molar-refractivity contribution in [3.8, 4) is 22.6 Å². The van der Waals surface area contributed by atoms with Crippen LogP contribution in [0.2, 0.25) is 0 Å². The van der Waals surface area contributed by atoms with Gasteiger partial charge in [-0.2, -0.15) is 5.10 Å². The summed E-state index contributed by atoms with van der Waals surface area (Å²) in [5.41, 5.74) is 4.00. The highest BCUT2D eigenvalue weighted by atomic mass is 19.1. The van der Waals surface area contributed by atoms with Crippen molar-refractivity contribution in [1.82, 2.24) is 24.6 Å². The summed E-state index contributed by atoms with van der Waals surface area (Å²) in [7, 11) is 2.69. The van der Waals surface area contributed by atoms with Crippen molar-refractivity contribution in [2.75, 3.05) is 33.9 Å². The highest BCUT2D eigenvalue weighted by Gasteiger charge is 2.23. The fraction of sp³-hybridized carbons (Fsp3) is 0.407. The second-order valence-electron chi connectivity index (χ2n) is 9.29. The number of nitrogens with one attached hydrogen (secondary N) is 1. The molecule has 1 saturated heterocycles. The number of methoxy groups -OCH3 is 2. The van der Waals surface area contributed by atoms with Crippen LogP contribution in [0.1, 0.15) is 42.6 Å². The number of likely N-dealkylation sites (tertiary alicyclic amines) is 1. The van der Waals surface area contributed by atoms with E-state index in [1.54, 1.807) is 6.20 Å². The number of nitrogens with zero attached hydrogens (tertiary/aromatic N) is 4. The molecule has 1 aromatic carbocycles. The minimum absolute atomic E-state index is 0.0253. The zero-order valence-electron chi connectivity index (χ0n) is 21.1. The van der Waals surface area contributed by atoms with Crippen LogP contribution in [0.25, 0.3) is 22.2 Å². The summed E-state index contributed by atoms with van der Waals surface area (Å²) in [6, 6.07) is 3.62. The average molecular weight is 496 g/mol. The van der Waals surface area contributed by atoms with Gasteiger partial charge in [-0.25, -0.2) is 13.8 Å². The molecule has 4 heterocycles. The molecular weight excluding hydrogens is 464 g/mol. The number of rotatable bonds is 7. The van der Waals surface area contributed by atoms with Crippen LogP contribution in [0.4, 0.5) is 8.78 Å². The first-order chi connectivity index (χ1) is 17.4. The minimum Gasteiger partial charge on any atom is -0.494 e. The third kappa shape index (κ3) is 4.32. The number of fused-ring (bicyclic) bond motifs is 1. The summed E-state index contributed by atoms with van der Waals surface area (Å²) < 4.78 is 42.4. The maximum atomic E-state index is 15.1. The smallest absolute Gasteiger partial charge is 0.171 e. The van der Waals surface area contributed by atoms with Gasteiger partial charge in [-0.1, -0.05) is 6.92 Å². The lowest BCUT2D eigenvalue weighted by Crippen LogP contribution is -2.34. The Morgan fingerprint density at radius 2 is 1.69 bits per heavy atom. The number of benzene rings is 1. The number of piperidine rings is 1. The Labute approximate surface area is 209 Å². The van der Waals surface area contributed by atoms with Crippen LogP contribution in [-0.4, -0.2) is 58.5 Å². The fourth-order valence-electron chi connectivity index (χ4n) is 5.09. The molecule has 4 aromatic rings. The van der Waals surface area contributed by atoms with Crippen molar-refractivity contribution in [1.29, 1.82) is 0 Å². The maximum absolute atomic E-state index is 15.1. The SMILES string of the molecule is CCN1CCC(n2cc(-c3cnc4[nH]c(C)c(Cc5c(F)c(OC)cc(OC)c5F)c4c3)cn2)CC1. The van der Waals surface area contributed by atoms with Crippen LogP contribution in [0, 0.1) is 18.6 Å². The van der Waals surface area contributed by atoms with Crippen LogP contribution in [0.5, 0.6) is 11.5 Å². The molecule has 190 valence electrons. The number of pyridine rings is 1. The molecule has 0 saturated carbocycles.